The van der Waals surface area contributed by atoms with Gasteiger partial charge in [0.15, 0.2) is 0 Å². The van der Waals surface area contributed by atoms with Crippen molar-refractivity contribution >= 4 is 27.5 Å². The van der Waals surface area contributed by atoms with Crippen LogP contribution in [0.5, 0.6) is 11.5 Å². The van der Waals surface area contributed by atoms with E-state index in [4.69, 9.17) is 21.1 Å². The molecule has 0 saturated carbocycles. The second kappa shape index (κ2) is 8.10. The second-order valence-corrected chi connectivity index (χ2v) is 5.45. The summed E-state index contributed by atoms with van der Waals surface area (Å²) in [7, 11) is 3.00. The number of alkyl halides is 4. The maximum Gasteiger partial charge on any atom is 0.411 e. The molecule has 1 aromatic rings. The van der Waals surface area contributed by atoms with Crippen molar-refractivity contribution in [1.82, 2.24) is 0 Å². The second-order valence-electron chi connectivity index (χ2n) is 4.13. The monoisotopic (exact) mass is 390 g/mol. The standard InChI is InChI=1S/C13H15BrClF3O3/c1-19-10-4-3-8(12(20-2)11(10)14)9(15)5-6-21-7-13(16,17)18/h3-4,9H,5-7H2,1-2H3. The molecule has 8 heteroatoms. The lowest BCUT2D eigenvalue weighted by Crippen LogP contribution is -2.17. The van der Waals surface area contributed by atoms with Gasteiger partial charge in [-0.2, -0.15) is 13.2 Å². The lowest BCUT2D eigenvalue weighted by atomic mass is 10.1. The van der Waals surface area contributed by atoms with Crippen LogP contribution in [0.1, 0.15) is 17.4 Å². The Balaban J connectivity index is 2.70. The zero-order valence-electron chi connectivity index (χ0n) is 11.5. The summed E-state index contributed by atoms with van der Waals surface area (Å²) in [4.78, 5) is 0. The van der Waals surface area contributed by atoms with Crippen molar-refractivity contribution in [2.24, 2.45) is 0 Å². The van der Waals surface area contributed by atoms with Gasteiger partial charge in [-0.25, -0.2) is 0 Å². The summed E-state index contributed by atoms with van der Waals surface area (Å²) in [6.45, 7) is -1.37. The third kappa shape index (κ3) is 5.56. The Bertz CT molecular complexity index is 469. The average Bonchev–Trinajstić information content (AvgIpc) is 2.41. The molecule has 0 radical (unpaired) electrons. The zero-order valence-corrected chi connectivity index (χ0v) is 13.8. The number of ether oxygens (including phenoxy) is 3. The fourth-order valence-electron chi connectivity index (χ4n) is 1.69. The number of benzene rings is 1. The number of rotatable bonds is 7. The van der Waals surface area contributed by atoms with E-state index in [0.29, 0.717) is 21.5 Å². The molecule has 0 aliphatic carbocycles. The van der Waals surface area contributed by atoms with Crippen LogP contribution in [0.3, 0.4) is 0 Å². The Kier molecular flexibility index (Phi) is 7.09. The predicted octanol–water partition coefficient (Wildman–Crippen LogP) is 4.72. The van der Waals surface area contributed by atoms with E-state index in [0.717, 1.165) is 0 Å². The molecule has 0 heterocycles. The van der Waals surface area contributed by atoms with Gasteiger partial charge < -0.3 is 14.2 Å². The molecule has 0 saturated heterocycles. The SMILES string of the molecule is COc1ccc(C(Cl)CCOCC(F)(F)F)c(OC)c1Br. The molecule has 21 heavy (non-hydrogen) atoms. The normalized spacial score (nSPS) is 13.1. The van der Waals surface area contributed by atoms with Gasteiger partial charge in [0, 0.05) is 12.2 Å². The minimum atomic E-state index is -4.33. The van der Waals surface area contributed by atoms with E-state index >= 15 is 0 Å². The van der Waals surface area contributed by atoms with Crippen LogP contribution in [0.15, 0.2) is 16.6 Å². The molecule has 0 fully saturated rings. The lowest BCUT2D eigenvalue weighted by molar-refractivity contribution is -0.174. The highest BCUT2D eigenvalue weighted by Crippen LogP contribution is 2.42. The summed E-state index contributed by atoms with van der Waals surface area (Å²) >= 11 is 9.54. The molecule has 120 valence electrons. The summed E-state index contributed by atoms with van der Waals surface area (Å²) in [5.74, 6) is 1.07. The maximum absolute atomic E-state index is 12.0. The van der Waals surface area contributed by atoms with Gasteiger partial charge >= 0.3 is 6.18 Å². The average molecular weight is 392 g/mol. The van der Waals surface area contributed by atoms with Gasteiger partial charge in [0.1, 0.15) is 22.6 Å². The van der Waals surface area contributed by atoms with Gasteiger partial charge in [0.25, 0.3) is 0 Å². The third-order valence-corrected chi connectivity index (χ3v) is 3.84. The molecule has 0 bridgehead atoms. The van der Waals surface area contributed by atoms with Crippen molar-refractivity contribution in [3.8, 4) is 11.5 Å². The first-order valence-corrected chi connectivity index (χ1v) is 7.22. The third-order valence-electron chi connectivity index (χ3n) is 2.63. The molecule has 1 unspecified atom stereocenters. The number of methoxy groups -OCH3 is 2. The van der Waals surface area contributed by atoms with Gasteiger partial charge in [-0.1, -0.05) is 6.07 Å². The Hall–Kier alpha value is -0.660. The smallest absolute Gasteiger partial charge is 0.411 e. The van der Waals surface area contributed by atoms with E-state index < -0.39 is 18.2 Å². The zero-order chi connectivity index (χ0) is 16.0. The summed E-state index contributed by atoms with van der Waals surface area (Å²) < 4.78 is 51.4. The van der Waals surface area contributed by atoms with Crippen molar-refractivity contribution in [1.29, 1.82) is 0 Å². The molecule has 0 aromatic heterocycles. The van der Waals surface area contributed by atoms with Crippen molar-refractivity contribution in [2.45, 2.75) is 18.0 Å². The van der Waals surface area contributed by atoms with Gasteiger partial charge in [0.05, 0.1) is 19.6 Å². The number of halogens is 5. The summed E-state index contributed by atoms with van der Waals surface area (Å²) in [5.41, 5.74) is 0.655. The Labute approximate surface area is 134 Å². The summed E-state index contributed by atoms with van der Waals surface area (Å²) in [6, 6.07) is 3.41. The van der Waals surface area contributed by atoms with Crippen molar-refractivity contribution < 1.29 is 27.4 Å². The molecule has 1 atom stereocenters. The Morgan fingerprint density at radius 1 is 1.24 bits per heavy atom. The molecule has 0 N–H and O–H groups in total. The maximum atomic E-state index is 12.0. The molecule has 3 nitrogen and oxygen atoms in total. The molecule has 0 aliphatic heterocycles. The molecule has 0 spiro atoms. The molecule has 1 rings (SSSR count). The van der Waals surface area contributed by atoms with Crippen LogP contribution in [0.25, 0.3) is 0 Å². The van der Waals surface area contributed by atoms with Crippen molar-refractivity contribution in [2.75, 3.05) is 27.4 Å². The summed E-state index contributed by atoms with van der Waals surface area (Å²) in [6.07, 6.45) is -4.10. The highest BCUT2D eigenvalue weighted by Gasteiger charge is 2.27. The number of hydrogen-bond donors (Lipinski definition) is 0. The first kappa shape index (κ1) is 18.4. The highest BCUT2D eigenvalue weighted by atomic mass is 79.9. The molecular formula is C13H15BrClF3O3. The molecule has 0 aliphatic rings. The van der Waals surface area contributed by atoms with Gasteiger partial charge in [0.2, 0.25) is 0 Å². The first-order chi connectivity index (χ1) is 9.80. The lowest BCUT2D eigenvalue weighted by Gasteiger charge is -2.17. The van der Waals surface area contributed by atoms with Crippen molar-refractivity contribution in [3.05, 3.63) is 22.2 Å². The minimum absolute atomic E-state index is 0.0967. The largest absolute Gasteiger partial charge is 0.495 e. The van der Waals surface area contributed by atoms with Gasteiger partial charge in [-0.3, -0.25) is 0 Å². The molecule has 0 amide bonds. The van der Waals surface area contributed by atoms with Crippen LogP contribution >= 0.6 is 27.5 Å². The Morgan fingerprint density at radius 2 is 1.90 bits per heavy atom. The van der Waals surface area contributed by atoms with E-state index in [2.05, 4.69) is 20.7 Å². The number of hydrogen-bond acceptors (Lipinski definition) is 3. The van der Waals surface area contributed by atoms with Crippen LogP contribution in [0.2, 0.25) is 0 Å². The van der Waals surface area contributed by atoms with Crippen molar-refractivity contribution in [3.63, 3.8) is 0 Å². The van der Waals surface area contributed by atoms with Crippen LogP contribution in [0, 0.1) is 0 Å². The first-order valence-electron chi connectivity index (χ1n) is 5.99. The van der Waals surface area contributed by atoms with E-state index in [-0.39, 0.29) is 13.0 Å². The summed E-state index contributed by atoms with van der Waals surface area (Å²) in [5, 5.41) is -0.532. The quantitative estimate of drug-likeness (QED) is 0.497. The van der Waals surface area contributed by atoms with Crippen LogP contribution in [-0.2, 0) is 4.74 Å². The van der Waals surface area contributed by atoms with E-state index in [1.165, 1.54) is 14.2 Å². The fourth-order valence-corrected chi connectivity index (χ4v) is 2.64. The molecular weight excluding hydrogens is 376 g/mol. The van der Waals surface area contributed by atoms with E-state index in [9.17, 15) is 13.2 Å². The topological polar surface area (TPSA) is 27.7 Å². The van der Waals surface area contributed by atoms with Gasteiger partial charge in [-0.15, -0.1) is 11.6 Å². The van der Waals surface area contributed by atoms with E-state index in [1.54, 1.807) is 12.1 Å². The van der Waals surface area contributed by atoms with Crippen LogP contribution in [-0.4, -0.2) is 33.6 Å². The van der Waals surface area contributed by atoms with Gasteiger partial charge in [-0.05, 0) is 28.4 Å². The highest BCUT2D eigenvalue weighted by molar-refractivity contribution is 9.10. The van der Waals surface area contributed by atoms with Crippen LogP contribution < -0.4 is 9.47 Å². The fraction of sp³-hybridized carbons (Fsp3) is 0.538. The Morgan fingerprint density at radius 3 is 2.43 bits per heavy atom. The van der Waals surface area contributed by atoms with E-state index in [1.807, 2.05) is 0 Å². The van der Waals surface area contributed by atoms with Crippen LogP contribution in [0.4, 0.5) is 13.2 Å². The molecule has 1 aromatic carbocycles. The predicted molar refractivity (Wildman–Crippen MR) is 77.3 cm³/mol. The minimum Gasteiger partial charge on any atom is -0.495 e.